The lowest BCUT2D eigenvalue weighted by molar-refractivity contribution is -0.284. The van der Waals surface area contributed by atoms with E-state index in [9.17, 15) is 19.2 Å². The lowest BCUT2D eigenvalue weighted by atomic mass is 9.79. The fourth-order valence-electron chi connectivity index (χ4n) is 3.36. The van der Waals surface area contributed by atoms with E-state index in [1.165, 1.54) is 27.7 Å². The van der Waals surface area contributed by atoms with Gasteiger partial charge >= 0.3 is 23.9 Å². The van der Waals surface area contributed by atoms with Crippen molar-refractivity contribution in [2.45, 2.75) is 70.6 Å². The van der Waals surface area contributed by atoms with Gasteiger partial charge in [0.25, 0.3) is 0 Å². The summed E-state index contributed by atoms with van der Waals surface area (Å²) in [5, 5.41) is 0. The number of esters is 4. The Morgan fingerprint density at radius 1 is 0.828 bits per heavy atom. The van der Waals surface area contributed by atoms with Gasteiger partial charge in [0.1, 0.15) is 18.3 Å². The largest absolute Gasteiger partial charge is 0.463 e. The molecule has 0 aromatic carbocycles. The summed E-state index contributed by atoms with van der Waals surface area (Å²) in [6.07, 6.45) is -0.996. The fraction of sp³-hybridized carbons (Fsp3) is 0.600. The molecule has 29 heavy (non-hydrogen) atoms. The van der Waals surface area contributed by atoms with Crippen LogP contribution in [0.25, 0.3) is 0 Å². The molecule has 0 radical (unpaired) electrons. The predicted octanol–water partition coefficient (Wildman–Crippen LogP) is 1.63. The van der Waals surface area contributed by atoms with Crippen LogP contribution in [0.4, 0.5) is 0 Å². The van der Waals surface area contributed by atoms with Crippen molar-refractivity contribution in [3.8, 4) is 0 Å². The first-order valence-corrected chi connectivity index (χ1v) is 9.11. The highest BCUT2D eigenvalue weighted by atomic mass is 16.7. The molecule has 162 valence electrons. The van der Waals surface area contributed by atoms with Gasteiger partial charge in [-0.05, 0) is 12.8 Å². The summed E-state index contributed by atoms with van der Waals surface area (Å²) in [5.74, 6) is -2.57. The van der Waals surface area contributed by atoms with Crippen LogP contribution in [0.1, 0.15) is 40.5 Å². The smallest absolute Gasteiger partial charge is 0.303 e. The van der Waals surface area contributed by atoms with Crippen LogP contribution >= 0.6 is 0 Å². The van der Waals surface area contributed by atoms with Crippen molar-refractivity contribution >= 4 is 23.9 Å². The summed E-state index contributed by atoms with van der Waals surface area (Å²) in [6, 6.07) is 0. The maximum atomic E-state index is 11.8. The van der Waals surface area contributed by atoms with Crippen molar-refractivity contribution in [2.75, 3.05) is 6.61 Å². The summed E-state index contributed by atoms with van der Waals surface area (Å²) in [7, 11) is 0. The number of hydrogen-bond donors (Lipinski definition) is 0. The molecule has 9 nitrogen and oxygen atoms in total. The van der Waals surface area contributed by atoms with Crippen LogP contribution in [0.3, 0.4) is 0 Å². The van der Waals surface area contributed by atoms with Gasteiger partial charge in [-0.3, -0.25) is 19.2 Å². The Morgan fingerprint density at radius 2 is 1.31 bits per heavy atom. The van der Waals surface area contributed by atoms with E-state index < -0.39 is 53.9 Å². The summed E-state index contributed by atoms with van der Waals surface area (Å²) >= 11 is 0. The molecule has 0 N–H and O–H groups in total. The number of hydrogen-bond acceptors (Lipinski definition) is 9. The molecule has 0 amide bonds. The van der Waals surface area contributed by atoms with Crippen molar-refractivity contribution < 1.29 is 42.9 Å². The molecule has 1 aliphatic rings. The molecular weight excluding hydrogens is 384 g/mol. The minimum atomic E-state index is -1.23. The summed E-state index contributed by atoms with van der Waals surface area (Å²) in [4.78, 5) is 46.6. The molecule has 0 unspecified atom stereocenters. The summed E-state index contributed by atoms with van der Waals surface area (Å²) in [5.41, 5.74) is -1.23. The molecule has 0 spiro atoms. The average Bonchev–Trinajstić information content (AvgIpc) is 2.58. The molecule has 0 aromatic rings. The molecular formula is C20H28O9. The molecule has 4 atom stereocenters. The van der Waals surface area contributed by atoms with E-state index in [1.807, 2.05) is 0 Å². The first kappa shape index (κ1) is 24.4. The monoisotopic (exact) mass is 412 g/mol. The molecule has 1 fully saturated rings. The Morgan fingerprint density at radius 3 is 1.72 bits per heavy atom. The summed E-state index contributed by atoms with van der Waals surface area (Å²) < 4.78 is 27.5. The van der Waals surface area contributed by atoms with Crippen molar-refractivity contribution in [3.05, 3.63) is 25.3 Å². The highest BCUT2D eigenvalue weighted by molar-refractivity contribution is 5.69. The molecule has 0 bridgehead atoms. The molecule has 0 aliphatic carbocycles. The Labute approximate surface area is 170 Å². The second kappa shape index (κ2) is 10.8. The maximum Gasteiger partial charge on any atom is 0.303 e. The molecule has 0 aromatic heterocycles. The van der Waals surface area contributed by atoms with E-state index in [1.54, 1.807) is 12.2 Å². The first-order chi connectivity index (χ1) is 13.6. The average molecular weight is 412 g/mol. The minimum absolute atomic E-state index is 0.193. The molecule has 1 saturated heterocycles. The predicted molar refractivity (Wildman–Crippen MR) is 101 cm³/mol. The van der Waals surface area contributed by atoms with Crippen molar-refractivity contribution in [1.29, 1.82) is 0 Å². The van der Waals surface area contributed by atoms with Crippen LogP contribution in [0.2, 0.25) is 0 Å². The van der Waals surface area contributed by atoms with Crippen LogP contribution < -0.4 is 0 Å². The van der Waals surface area contributed by atoms with Crippen LogP contribution in [-0.2, 0) is 42.9 Å². The second-order valence-corrected chi connectivity index (χ2v) is 6.69. The third-order valence-corrected chi connectivity index (χ3v) is 4.22. The van der Waals surface area contributed by atoms with Crippen LogP contribution in [-0.4, -0.2) is 60.5 Å². The number of ether oxygens (including phenoxy) is 5. The van der Waals surface area contributed by atoms with E-state index in [-0.39, 0.29) is 19.4 Å². The van der Waals surface area contributed by atoms with Crippen LogP contribution in [0, 0.1) is 0 Å². The Kier molecular flexibility index (Phi) is 9.03. The lowest BCUT2D eigenvalue weighted by Gasteiger charge is -2.51. The second-order valence-electron chi connectivity index (χ2n) is 6.69. The number of rotatable bonds is 9. The van der Waals surface area contributed by atoms with Gasteiger partial charge in [-0.1, -0.05) is 12.2 Å². The molecule has 1 rings (SSSR count). The van der Waals surface area contributed by atoms with Crippen molar-refractivity contribution in [1.82, 2.24) is 0 Å². The van der Waals surface area contributed by atoms with E-state index in [0.717, 1.165) is 0 Å². The Bertz CT molecular complexity index is 644. The van der Waals surface area contributed by atoms with Gasteiger partial charge in [0, 0.05) is 27.7 Å². The van der Waals surface area contributed by atoms with Crippen LogP contribution in [0.5, 0.6) is 0 Å². The zero-order valence-electron chi connectivity index (χ0n) is 17.2. The van der Waals surface area contributed by atoms with Gasteiger partial charge < -0.3 is 23.7 Å². The SMILES string of the molecule is C=CCC1(CC=C)O[C@H](COC(C)=O)[C@@H](OC(C)=O)[C@H](OC(C)=O)[C@@H]1OC(C)=O. The standard InChI is InChI=1S/C20H28O9/c1-7-9-20(10-8-2)19(28-15(6)24)18(27-14(5)23)17(26-13(4)22)16(29-20)11-25-12(3)21/h7-8,16-19H,1-2,9-11H2,3-6H3/t16-,17-,18+,19+/m1/s1. The highest BCUT2D eigenvalue weighted by Gasteiger charge is 2.58. The molecule has 1 aliphatic heterocycles. The third-order valence-electron chi connectivity index (χ3n) is 4.22. The van der Waals surface area contributed by atoms with Gasteiger partial charge in [0.15, 0.2) is 18.3 Å². The molecule has 1 heterocycles. The third kappa shape index (κ3) is 6.70. The van der Waals surface area contributed by atoms with Gasteiger partial charge in [0.2, 0.25) is 0 Å². The van der Waals surface area contributed by atoms with Gasteiger partial charge in [-0.15, -0.1) is 13.2 Å². The Balaban J connectivity index is 3.54. The van der Waals surface area contributed by atoms with Gasteiger partial charge in [0.05, 0.1) is 0 Å². The number of carbonyl (C=O) groups is 4. The van der Waals surface area contributed by atoms with Crippen molar-refractivity contribution in [2.24, 2.45) is 0 Å². The molecule has 9 heteroatoms. The number of carbonyl (C=O) groups excluding carboxylic acids is 4. The fourth-order valence-corrected chi connectivity index (χ4v) is 3.36. The zero-order valence-corrected chi connectivity index (χ0v) is 17.2. The summed E-state index contributed by atoms with van der Waals surface area (Å²) in [6.45, 7) is 11.9. The van der Waals surface area contributed by atoms with E-state index >= 15 is 0 Å². The van der Waals surface area contributed by atoms with Gasteiger partial charge in [-0.2, -0.15) is 0 Å². The lowest BCUT2D eigenvalue weighted by Crippen LogP contribution is -2.67. The Hall–Kier alpha value is -2.68. The normalized spacial score (nSPS) is 25.2. The van der Waals surface area contributed by atoms with E-state index in [0.29, 0.717) is 0 Å². The zero-order chi connectivity index (χ0) is 22.2. The van der Waals surface area contributed by atoms with Gasteiger partial charge in [-0.25, -0.2) is 0 Å². The topological polar surface area (TPSA) is 114 Å². The van der Waals surface area contributed by atoms with Crippen molar-refractivity contribution in [3.63, 3.8) is 0 Å². The highest BCUT2D eigenvalue weighted by Crippen LogP contribution is 2.40. The minimum Gasteiger partial charge on any atom is -0.463 e. The molecule has 0 saturated carbocycles. The maximum absolute atomic E-state index is 11.8. The van der Waals surface area contributed by atoms with E-state index in [2.05, 4.69) is 13.2 Å². The quantitative estimate of drug-likeness (QED) is 0.317. The van der Waals surface area contributed by atoms with Crippen LogP contribution in [0.15, 0.2) is 25.3 Å². The van der Waals surface area contributed by atoms with E-state index in [4.69, 9.17) is 23.7 Å². The first-order valence-electron chi connectivity index (χ1n) is 9.11.